The summed E-state index contributed by atoms with van der Waals surface area (Å²) in [5.74, 6) is -0.268. The minimum Gasteiger partial charge on any atom is -0.352 e. The van der Waals surface area contributed by atoms with Crippen molar-refractivity contribution in [3.8, 4) is 0 Å². The first-order valence-electron chi connectivity index (χ1n) is 8.70. The molecule has 6 nitrogen and oxygen atoms in total. The number of hydrogen-bond acceptors (Lipinski definition) is 5. The molecule has 3 rings (SSSR count). The van der Waals surface area contributed by atoms with Crippen LogP contribution >= 0.6 is 11.3 Å². The van der Waals surface area contributed by atoms with Gasteiger partial charge in [-0.05, 0) is 24.1 Å². The number of aromatic nitrogens is 2. The molecule has 0 aliphatic carbocycles. The van der Waals surface area contributed by atoms with Crippen LogP contribution in [0.25, 0.3) is 0 Å². The minimum absolute atomic E-state index is 0.00501. The van der Waals surface area contributed by atoms with Crippen LogP contribution in [-0.4, -0.2) is 22.0 Å². The molecule has 27 heavy (non-hydrogen) atoms. The molecule has 0 fully saturated rings. The largest absolute Gasteiger partial charge is 0.352 e. The van der Waals surface area contributed by atoms with Gasteiger partial charge >= 0.3 is 0 Å². The predicted molar refractivity (Wildman–Crippen MR) is 106 cm³/mol. The van der Waals surface area contributed by atoms with Crippen LogP contribution in [0.1, 0.15) is 33.2 Å². The average Bonchev–Trinajstić information content (AvgIpc) is 3.17. The van der Waals surface area contributed by atoms with Crippen molar-refractivity contribution in [1.82, 2.24) is 15.5 Å². The summed E-state index contributed by atoms with van der Waals surface area (Å²) in [6, 6.07) is 19.0. The number of nitrogens with one attached hydrogen (secondary N) is 2. The van der Waals surface area contributed by atoms with Crippen LogP contribution in [0.5, 0.6) is 0 Å². The zero-order chi connectivity index (χ0) is 18.9. The fourth-order valence-electron chi connectivity index (χ4n) is 2.44. The van der Waals surface area contributed by atoms with Crippen LogP contribution in [0.15, 0.2) is 60.7 Å². The van der Waals surface area contributed by atoms with Gasteiger partial charge in [0.15, 0.2) is 0 Å². The molecule has 138 valence electrons. The van der Waals surface area contributed by atoms with E-state index in [-0.39, 0.29) is 11.8 Å². The van der Waals surface area contributed by atoms with Crippen molar-refractivity contribution in [2.45, 2.75) is 25.8 Å². The van der Waals surface area contributed by atoms with Crippen LogP contribution in [0.2, 0.25) is 0 Å². The van der Waals surface area contributed by atoms with Gasteiger partial charge in [-0.3, -0.25) is 9.59 Å². The number of benzene rings is 2. The number of carbonyl (C=O) groups excluding carboxylic acids is 2. The van der Waals surface area contributed by atoms with Crippen LogP contribution in [0.4, 0.5) is 5.69 Å². The van der Waals surface area contributed by atoms with E-state index in [9.17, 15) is 9.59 Å². The Bertz CT molecular complexity index is 881. The summed E-state index contributed by atoms with van der Waals surface area (Å²) < 4.78 is 0. The van der Waals surface area contributed by atoms with Gasteiger partial charge in [0, 0.05) is 25.1 Å². The second-order valence-corrected chi connectivity index (χ2v) is 7.00. The van der Waals surface area contributed by atoms with Crippen molar-refractivity contribution in [2.24, 2.45) is 0 Å². The van der Waals surface area contributed by atoms with Gasteiger partial charge in [0.1, 0.15) is 5.01 Å². The van der Waals surface area contributed by atoms with Crippen LogP contribution in [0.3, 0.4) is 0 Å². The van der Waals surface area contributed by atoms with Gasteiger partial charge in [0.05, 0.1) is 0 Å². The molecule has 0 aliphatic rings. The number of hydrogen-bond donors (Lipinski definition) is 2. The molecule has 0 unspecified atom stereocenters. The van der Waals surface area contributed by atoms with E-state index in [0.717, 1.165) is 10.6 Å². The quantitative estimate of drug-likeness (QED) is 0.627. The van der Waals surface area contributed by atoms with Crippen molar-refractivity contribution in [3.05, 3.63) is 76.2 Å². The molecule has 1 heterocycles. The number of rotatable bonds is 8. The lowest BCUT2D eigenvalue weighted by Crippen LogP contribution is -2.22. The van der Waals surface area contributed by atoms with E-state index in [4.69, 9.17) is 0 Å². The molecule has 2 amide bonds. The number of nitrogens with zero attached hydrogens (tertiary/aromatic N) is 2. The lowest BCUT2D eigenvalue weighted by atomic mass is 10.2. The van der Waals surface area contributed by atoms with E-state index in [1.165, 1.54) is 11.3 Å². The average molecular weight is 380 g/mol. The number of carbonyl (C=O) groups is 2. The third-order valence-electron chi connectivity index (χ3n) is 3.82. The number of aryl methyl sites for hydroxylation is 1. The molecule has 1 aromatic heterocycles. The second-order valence-electron chi connectivity index (χ2n) is 5.94. The van der Waals surface area contributed by atoms with Crippen molar-refractivity contribution in [3.63, 3.8) is 0 Å². The third kappa shape index (κ3) is 6.00. The fraction of sp³-hybridized carbons (Fsp3) is 0.200. The zero-order valence-corrected chi connectivity index (χ0v) is 15.5. The molecule has 2 aromatic carbocycles. The first kappa shape index (κ1) is 18.7. The summed E-state index contributed by atoms with van der Waals surface area (Å²) in [7, 11) is 0. The van der Waals surface area contributed by atoms with Gasteiger partial charge < -0.3 is 10.6 Å². The smallest absolute Gasteiger partial charge is 0.286 e. The molecular weight excluding hydrogens is 360 g/mol. The predicted octanol–water partition coefficient (Wildman–Crippen LogP) is 3.43. The van der Waals surface area contributed by atoms with Crippen molar-refractivity contribution >= 4 is 28.8 Å². The summed E-state index contributed by atoms with van der Waals surface area (Å²) in [5, 5.41) is 14.7. The Morgan fingerprint density at radius 1 is 0.926 bits per heavy atom. The van der Waals surface area contributed by atoms with Gasteiger partial charge in [0.25, 0.3) is 5.91 Å². The third-order valence-corrected chi connectivity index (χ3v) is 4.80. The number of anilines is 1. The Morgan fingerprint density at radius 2 is 1.63 bits per heavy atom. The Labute approximate surface area is 161 Å². The summed E-state index contributed by atoms with van der Waals surface area (Å²) in [4.78, 5) is 24.1. The van der Waals surface area contributed by atoms with Crippen molar-refractivity contribution in [1.29, 1.82) is 0 Å². The number of para-hydroxylation sites is 1. The van der Waals surface area contributed by atoms with E-state index in [1.807, 2.05) is 60.7 Å². The second kappa shape index (κ2) is 9.59. The SMILES string of the molecule is O=C(CCCc1nnc(C(=O)Nc2ccccc2)s1)NCc1ccccc1. The maximum Gasteiger partial charge on any atom is 0.286 e. The molecule has 0 aliphatic heterocycles. The molecule has 0 saturated carbocycles. The monoisotopic (exact) mass is 380 g/mol. The zero-order valence-electron chi connectivity index (χ0n) is 14.7. The van der Waals surface area contributed by atoms with Crippen molar-refractivity contribution in [2.75, 3.05) is 5.32 Å². The molecule has 0 saturated heterocycles. The minimum atomic E-state index is -0.273. The topological polar surface area (TPSA) is 84.0 Å². The normalized spacial score (nSPS) is 10.4. The van der Waals surface area contributed by atoms with E-state index >= 15 is 0 Å². The Balaban J connectivity index is 1.40. The van der Waals surface area contributed by atoms with Crippen LogP contribution < -0.4 is 10.6 Å². The molecular formula is C20H20N4O2S. The van der Waals surface area contributed by atoms with E-state index in [1.54, 1.807) is 0 Å². The molecule has 2 N–H and O–H groups in total. The molecule has 7 heteroatoms. The first-order valence-corrected chi connectivity index (χ1v) is 9.52. The van der Waals surface area contributed by atoms with E-state index in [2.05, 4.69) is 20.8 Å². The summed E-state index contributed by atoms with van der Waals surface area (Å²) >= 11 is 1.26. The van der Waals surface area contributed by atoms with Gasteiger partial charge in [-0.25, -0.2) is 0 Å². The fourth-order valence-corrected chi connectivity index (χ4v) is 3.21. The highest BCUT2D eigenvalue weighted by atomic mass is 32.1. The van der Waals surface area contributed by atoms with Gasteiger partial charge in [-0.1, -0.05) is 59.9 Å². The van der Waals surface area contributed by atoms with E-state index < -0.39 is 0 Å². The van der Waals surface area contributed by atoms with Crippen molar-refractivity contribution < 1.29 is 9.59 Å². The molecule has 3 aromatic rings. The molecule has 0 radical (unpaired) electrons. The highest BCUT2D eigenvalue weighted by Crippen LogP contribution is 2.15. The van der Waals surface area contributed by atoms with Crippen LogP contribution in [-0.2, 0) is 17.8 Å². The highest BCUT2D eigenvalue weighted by molar-refractivity contribution is 7.13. The summed E-state index contributed by atoms with van der Waals surface area (Å²) in [6.45, 7) is 0.530. The van der Waals surface area contributed by atoms with Gasteiger partial charge in [-0.2, -0.15) is 0 Å². The summed E-state index contributed by atoms with van der Waals surface area (Å²) in [6.07, 6.45) is 1.70. The molecule has 0 atom stereocenters. The Morgan fingerprint density at radius 3 is 2.37 bits per heavy atom. The van der Waals surface area contributed by atoms with Crippen LogP contribution in [0, 0.1) is 0 Å². The molecule has 0 bridgehead atoms. The lowest BCUT2D eigenvalue weighted by Gasteiger charge is -2.04. The van der Waals surface area contributed by atoms with E-state index in [0.29, 0.717) is 36.5 Å². The summed E-state index contributed by atoms with van der Waals surface area (Å²) in [5.41, 5.74) is 1.79. The molecule has 0 spiro atoms. The first-order chi connectivity index (χ1) is 13.2. The lowest BCUT2D eigenvalue weighted by molar-refractivity contribution is -0.121. The Kier molecular flexibility index (Phi) is 6.65. The number of amides is 2. The van der Waals surface area contributed by atoms with Gasteiger partial charge in [0.2, 0.25) is 10.9 Å². The van der Waals surface area contributed by atoms with Gasteiger partial charge in [-0.15, -0.1) is 10.2 Å². The highest BCUT2D eigenvalue weighted by Gasteiger charge is 2.13. The standard InChI is InChI=1S/C20H20N4O2S/c25-17(21-14-15-8-3-1-4-9-15)12-7-13-18-23-24-20(27-18)19(26)22-16-10-5-2-6-11-16/h1-6,8-11H,7,12-14H2,(H,21,25)(H,22,26). The maximum absolute atomic E-state index is 12.2. The maximum atomic E-state index is 12.2. The Hall–Kier alpha value is -3.06.